The lowest BCUT2D eigenvalue weighted by molar-refractivity contribution is -0.383. The maximum atomic E-state index is 12.5. The zero-order chi connectivity index (χ0) is 20.5. The molecule has 0 aliphatic carbocycles. The Bertz CT molecular complexity index is 1330. The SMILES string of the molecule is Cn1c(=O)c2ccccc2n2c(SCC(=O)Nc3ccccc3[N+](=O)[O-])nnc12. The molecule has 4 rings (SSSR count). The van der Waals surface area contributed by atoms with Crippen LogP contribution in [0.2, 0.25) is 0 Å². The Kier molecular flexibility index (Phi) is 4.72. The van der Waals surface area contributed by atoms with Crippen LogP contribution in [0.4, 0.5) is 11.4 Å². The molecule has 0 bridgehead atoms. The second-order valence-corrected chi connectivity index (χ2v) is 7.05. The van der Waals surface area contributed by atoms with Gasteiger partial charge in [-0.05, 0) is 18.2 Å². The Morgan fingerprint density at radius 1 is 1.17 bits per heavy atom. The molecular weight excluding hydrogens is 396 g/mol. The molecule has 0 aliphatic rings. The van der Waals surface area contributed by atoms with Gasteiger partial charge in [0.05, 0.1) is 21.6 Å². The van der Waals surface area contributed by atoms with Crippen molar-refractivity contribution in [2.24, 2.45) is 7.05 Å². The molecule has 2 aromatic heterocycles. The maximum Gasteiger partial charge on any atom is 0.292 e. The lowest BCUT2D eigenvalue weighted by Crippen LogP contribution is -2.20. The number of benzene rings is 2. The molecule has 1 amide bonds. The third-order valence-corrected chi connectivity index (χ3v) is 5.23. The van der Waals surface area contributed by atoms with Crippen LogP contribution >= 0.6 is 11.8 Å². The van der Waals surface area contributed by atoms with Crippen LogP contribution in [0.1, 0.15) is 0 Å². The molecule has 0 saturated carbocycles. The highest BCUT2D eigenvalue weighted by atomic mass is 32.2. The van der Waals surface area contributed by atoms with Crippen LogP contribution in [-0.4, -0.2) is 35.7 Å². The van der Waals surface area contributed by atoms with Crippen molar-refractivity contribution in [3.63, 3.8) is 0 Å². The second-order valence-electron chi connectivity index (χ2n) is 6.11. The molecule has 0 atom stereocenters. The van der Waals surface area contributed by atoms with Crippen molar-refractivity contribution in [1.29, 1.82) is 0 Å². The number of hydrogen-bond acceptors (Lipinski definition) is 7. The molecule has 0 fully saturated rings. The number of rotatable bonds is 5. The average molecular weight is 410 g/mol. The normalized spacial score (nSPS) is 11.1. The average Bonchev–Trinajstić information content (AvgIpc) is 3.15. The first-order chi connectivity index (χ1) is 14.0. The first kappa shape index (κ1) is 18.6. The molecule has 29 heavy (non-hydrogen) atoms. The van der Waals surface area contributed by atoms with Gasteiger partial charge in [-0.1, -0.05) is 36.0 Å². The highest BCUT2D eigenvalue weighted by Crippen LogP contribution is 2.25. The summed E-state index contributed by atoms with van der Waals surface area (Å²) in [7, 11) is 1.61. The fourth-order valence-corrected chi connectivity index (χ4v) is 3.70. The Balaban J connectivity index is 1.62. The maximum absolute atomic E-state index is 12.5. The molecule has 0 unspecified atom stereocenters. The van der Waals surface area contributed by atoms with Gasteiger partial charge in [-0.3, -0.25) is 28.7 Å². The molecule has 4 aromatic rings. The smallest absolute Gasteiger partial charge is 0.292 e. The van der Waals surface area contributed by atoms with Gasteiger partial charge in [0.1, 0.15) is 5.69 Å². The number of para-hydroxylation sites is 3. The molecule has 0 saturated heterocycles. The van der Waals surface area contributed by atoms with E-state index >= 15 is 0 Å². The molecule has 0 aliphatic heterocycles. The number of nitrogens with one attached hydrogen (secondary N) is 1. The van der Waals surface area contributed by atoms with E-state index in [1.54, 1.807) is 41.8 Å². The van der Waals surface area contributed by atoms with Crippen LogP contribution < -0.4 is 10.9 Å². The Labute approximate surface area is 167 Å². The van der Waals surface area contributed by atoms with Gasteiger partial charge in [-0.2, -0.15) is 0 Å². The quantitative estimate of drug-likeness (QED) is 0.304. The number of amides is 1. The first-order valence-electron chi connectivity index (χ1n) is 8.46. The van der Waals surface area contributed by atoms with Crippen molar-refractivity contribution < 1.29 is 9.72 Å². The number of thioether (sulfide) groups is 1. The van der Waals surface area contributed by atoms with E-state index in [1.165, 1.54) is 22.8 Å². The minimum Gasteiger partial charge on any atom is -0.320 e. The number of aryl methyl sites for hydroxylation is 1. The van der Waals surface area contributed by atoms with Gasteiger partial charge in [-0.25, -0.2) is 0 Å². The van der Waals surface area contributed by atoms with Gasteiger partial charge < -0.3 is 5.32 Å². The number of nitro groups is 1. The van der Waals surface area contributed by atoms with Gasteiger partial charge in [0.15, 0.2) is 5.16 Å². The van der Waals surface area contributed by atoms with Gasteiger partial charge in [0, 0.05) is 13.1 Å². The Hall–Kier alpha value is -3.73. The number of aromatic nitrogens is 4. The number of nitrogens with zero attached hydrogens (tertiary/aromatic N) is 5. The molecule has 1 N–H and O–H groups in total. The van der Waals surface area contributed by atoms with E-state index in [4.69, 9.17) is 0 Å². The van der Waals surface area contributed by atoms with E-state index in [2.05, 4.69) is 15.5 Å². The fourth-order valence-electron chi connectivity index (χ4n) is 2.96. The Morgan fingerprint density at radius 3 is 2.69 bits per heavy atom. The van der Waals surface area contributed by atoms with E-state index in [0.717, 1.165) is 11.8 Å². The third-order valence-electron chi connectivity index (χ3n) is 4.30. The van der Waals surface area contributed by atoms with Crippen LogP contribution in [0.3, 0.4) is 0 Å². The predicted molar refractivity (Wildman–Crippen MR) is 108 cm³/mol. The van der Waals surface area contributed by atoms with Crippen molar-refractivity contribution in [3.05, 3.63) is 69.0 Å². The van der Waals surface area contributed by atoms with E-state index in [-0.39, 0.29) is 22.7 Å². The van der Waals surface area contributed by atoms with Crippen LogP contribution in [-0.2, 0) is 11.8 Å². The monoisotopic (exact) mass is 410 g/mol. The second kappa shape index (κ2) is 7.36. The van der Waals surface area contributed by atoms with Gasteiger partial charge in [-0.15, -0.1) is 10.2 Å². The first-order valence-corrected chi connectivity index (χ1v) is 9.45. The standard InChI is InChI=1S/C18H14N6O4S/c1-22-16(26)11-6-2-4-8-13(11)23-17(22)20-21-18(23)29-10-15(25)19-12-7-3-5-9-14(12)24(27)28/h2-9H,10H2,1H3,(H,19,25). The number of nitro benzene ring substituents is 1. The number of carbonyl (C=O) groups excluding carboxylic acids is 1. The van der Waals surface area contributed by atoms with Gasteiger partial charge in [0.2, 0.25) is 11.7 Å². The zero-order valence-corrected chi connectivity index (χ0v) is 15.9. The van der Waals surface area contributed by atoms with Crippen molar-refractivity contribution in [3.8, 4) is 0 Å². The van der Waals surface area contributed by atoms with Crippen LogP contribution in [0, 0.1) is 10.1 Å². The molecule has 146 valence electrons. The molecular formula is C18H14N6O4S. The van der Waals surface area contributed by atoms with Crippen LogP contribution in [0.15, 0.2) is 58.5 Å². The molecule has 0 spiro atoms. The number of fused-ring (bicyclic) bond motifs is 3. The molecule has 2 heterocycles. The summed E-state index contributed by atoms with van der Waals surface area (Å²) in [6.45, 7) is 0. The van der Waals surface area contributed by atoms with Crippen LogP contribution in [0.25, 0.3) is 16.7 Å². The minimum atomic E-state index is -0.554. The summed E-state index contributed by atoms with van der Waals surface area (Å²) >= 11 is 1.12. The summed E-state index contributed by atoms with van der Waals surface area (Å²) in [5.41, 5.74) is 0.394. The minimum absolute atomic E-state index is 0.0377. The van der Waals surface area contributed by atoms with Crippen molar-refractivity contribution in [2.45, 2.75) is 5.16 Å². The predicted octanol–water partition coefficient (Wildman–Crippen LogP) is 2.22. The van der Waals surface area contributed by atoms with Gasteiger partial charge in [0.25, 0.3) is 11.2 Å². The largest absolute Gasteiger partial charge is 0.320 e. The third kappa shape index (κ3) is 3.31. The summed E-state index contributed by atoms with van der Waals surface area (Å²) < 4.78 is 3.10. The summed E-state index contributed by atoms with van der Waals surface area (Å²) in [6.07, 6.45) is 0. The fraction of sp³-hybridized carbons (Fsp3) is 0.111. The number of carbonyl (C=O) groups is 1. The summed E-state index contributed by atoms with van der Waals surface area (Å²) in [4.78, 5) is 35.3. The molecule has 10 nitrogen and oxygen atoms in total. The Morgan fingerprint density at radius 2 is 1.90 bits per heavy atom. The van der Waals surface area contributed by atoms with Crippen LogP contribution in [0.5, 0.6) is 0 Å². The van der Waals surface area contributed by atoms with Crippen molar-refractivity contribution in [2.75, 3.05) is 11.1 Å². The lowest BCUT2D eigenvalue weighted by Gasteiger charge is -2.08. The summed E-state index contributed by atoms with van der Waals surface area (Å²) in [5, 5.41) is 22.7. The zero-order valence-electron chi connectivity index (χ0n) is 15.1. The number of anilines is 1. The van der Waals surface area contributed by atoms with E-state index in [0.29, 0.717) is 21.8 Å². The highest BCUT2D eigenvalue weighted by molar-refractivity contribution is 7.99. The summed E-state index contributed by atoms with van der Waals surface area (Å²) in [5.74, 6) is -0.102. The molecule has 0 radical (unpaired) electrons. The van der Waals surface area contributed by atoms with Crippen molar-refractivity contribution >= 4 is 45.7 Å². The van der Waals surface area contributed by atoms with E-state index < -0.39 is 10.8 Å². The number of hydrogen-bond donors (Lipinski definition) is 1. The molecule has 2 aromatic carbocycles. The van der Waals surface area contributed by atoms with Crippen molar-refractivity contribution in [1.82, 2.24) is 19.2 Å². The highest BCUT2D eigenvalue weighted by Gasteiger charge is 2.18. The summed E-state index contributed by atoms with van der Waals surface area (Å²) in [6, 6.07) is 13.0. The molecule has 11 heteroatoms. The van der Waals surface area contributed by atoms with E-state index in [9.17, 15) is 19.7 Å². The van der Waals surface area contributed by atoms with Gasteiger partial charge >= 0.3 is 0 Å². The van der Waals surface area contributed by atoms with E-state index in [1.807, 2.05) is 0 Å². The topological polar surface area (TPSA) is 124 Å². The lowest BCUT2D eigenvalue weighted by atomic mass is 10.2.